The molecule has 9 heteroatoms. The Kier molecular flexibility index (Phi) is 6.51. The van der Waals surface area contributed by atoms with Gasteiger partial charge in [-0.15, -0.1) is 0 Å². The van der Waals surface area contributed by atoms with Crippen LogP contribution in [0.1, 0.15) is 34.6 Å². The molecule has 0 heterocycles. The lowest BCUT2D eigenvalue weighted by molar-refractivity contribution is 0.0525. The standard InChI is InChI=1S/C18H18FNO6S/c1-3-25-17(21)12-9-13(18(22)26-4-2)11-15(10-12)20-27(23,24)16-7-5-14(19)6-8-16/h5-11,20H,3-4H2,1-2H3. The van der Waals surface area contributed by atoms with Crippen molar-refractivity contribution >= 4 is 27.6 Å². The number of carbonyl (C=O) groups is 2. The second kappa shape index (κ2) is 8.63. The molecule has 2 aromatic rings. The van der Waals surface area contributed by atoms with Crippen LogP contribution in [0.25, 0.3) is 0 Å². The quantitative estimate of drug-likeness (QED) is 0.724. The molecule has 0 amide bonds. The van der Waals surface area contributed by atoms with E-state index in [4.69, 9.17) is 9.47 Å². The minimum atomic E-state index is -4.06. The van der Waals surface area contributed by atoms with Gasteiger partial charge in [-0.1, -0.05) is 0 Å². The predicted molar refractivity (Wildman–Crippen MR) is 95.6 cm³/mol. The van der Waals surface area contributed by atoms with Crippen LogP contribution in [0.5, 0.6) is 0 Å². The summed E-state index contributed by atoms with van der Waals surface area (Å²) in [6.07, 6.45) is 0. The minimum Gasteiger partial charge on any atom is -0.462 e. The number of hydrogen-bond donors (Lipinski definition) is 1. The number of benzene rings is 2. The van der Waals surface area contributed by atoms with Crippen LogP contribution in [-0.4, -0.2) is 33.6 Å². The zero-order chi connectivity index (χ0) is 20.0. The number of sulfonamides is 1. The number of anilines is 1. The minimum absolute atomic E-state index is 0.0146. The predicted octanol–water partition coefficient (Wildman–Crippen LogP) is 2.98. The van der Waals surface area contributed by atoms with E-state index < -0.39 is 27.8 Å². The summed E-state index contributed by atoms with van der Waals surface area (Å²) in [7, 11) is -4.06. The third kappa shape index (κ3) is 5.27. The average Bonchev–Trinajstić information content (AvgIpc) is 2.62. The van der Waals surface area contributed by atoms with Crippen LogP contribution in [-0.2, 0) is 19.5 Å². The Bertz CT molecular complexity index is 905. The Labute approximate surface area is 156 Å². The number of esters is 2. The highest BCUT2D eigenvalue weighted by Crippen LogP contribution is 2.21. The third-order valence-corrected chi connectivity index (χ3v) is 4.73. The van der Waals surface area contributed by atoms with E-state index >= 15 is 0 Å². The Morgan fingerprint density at radius 2 is 1.41 bits per heavy atom. The molecule has 0 radical (unpaired) electrons. The molecule has 0 fully saturated rings. The van der Waals surface area contributed by atoms with Crippen molar-refractivity contribution in [3.05, 3.63) is 59.4 Å². The average molecular weight is 395 g/mol. The lowest BCUT2D eigenvalue weighted by Crippen LogP contribution is -2.15. The number of nitrogens with one attached hydrogen (secondary N) is 1. The number of hydrogen-bond acceptors (Lipinski definition) is 6. The smallest absolute Gasteiger partial charge is 0.338 e. The van der Waals surface area contributed by atoms with Gasteiger partial charge >= 0.3 is 11.9 Å². The molecule has 0 unspecified atom stereocenters. The van der Waals surface area contributed by atoms with Crippen molar-refractivity contribution < 1.29 is 31.9 Å². The molecule has 0 atom stereocenters. The van der Waals surface area contributed by atoms with Crippen LogP contribution in [0.2, 0.25) is 0 Å². The van der Waals surface area contributed by atoms with Crippen molar-refractivity contribution in [1.82, 2.24) is 0 Å². The molecule has 0 saturated carbocycles. The van der Waals surface area contributed by atoms with E-state index in [1.165, 1.54) is 18.2 Å². The van der Waals surface area contributed by atoms with Crippen molar-refractivity contribution in [2.75, 3.05) is 17.9 Å². The van der Waals surface area contributed by atoms with E-state index in [-0.39, 0.29) is 34.9 Å². The fraction of sp³-hybridized carbons (Fsp3) is 0.222. The van der Waals surface area contributed by atoms with Gasteiger partial charge in [-0.2, -0.15) is 0 Å². The zero-order valence-corrected chi connectivity index (χ0v) is 15.5. The fourth-order valence-corrected chi connectivity index (χ4v) is 3.22. The van der Waals surface area contributed by atoms with Crippen LogP contribution in [0.4, 0.5) is 10.1 Å². The van der Waals surface area contributed by atoms with Crippen LogP contribution in [0.15, 0.2) is 47.4 Å². The Morgan fingerprint density at radius 1 is 0.926 bits per heavy atom. The van der Waals surface area contributed by atoms with Gasteiger partial charge < -0.3 is 9.47 Å². The summed E-state index contributed by atoms with van der Waals surface area (Å²) >= 11 is 0. The summed E-state index contributed by atoms with van der Waals surface area (Å²) in [5.74, 6) is -2.01. The molecule has 7 nitrogen and oxygen atoms in total. The van der Waals surface area contributed by atoms with E-state index in [1.807, 2.05) is 0 Å². The molecule has 0 aliphatic rings. The van der Waals surface area contributed by atoms with Gasteiger partial charge in [0, 0.05) is 0 Å². The van der Waals surface area contributed by atoms with Gasteiger partial charge in [0.15, 0.2) is 0 Å². The molecule has 0 bridgehead atoms. The van der Waals surface area contributed by atoms with Gasteiger partial charge in [0.1, 0.15) is 5.82 Å². The molecule has 0 aliphatic heterocycles. The monoisotopic (exact) mass is 395 g/mol. The van der Waals surface area contributed by atoms with Gasteiger partial charge in [0.2, 0.25) is 0 Å². The van der Waals surface area contributed by atoms with Crippen LogP contribution < -0.4 is 4.72 Å². The first-order valence-corrected chi connectivity index (χ1v) is 9.53. The van der Waals surface area contributed by atoms with E-state index in [0.717, 1.165) is 24.3 Å². The lowest BCUT2D eigenvalue weighted by Gasteiger charge is -2.12. The van der Waals surface area contributed by atoms with Crippen molar-refractivity contribution in [3.63, 3.8) is 0 Å². The third-order valence-electron chi connectivity index (χ3n) is 3.33. The van der Waals surface area contributed by atoms with Crippen molar-refractivity contribution in [2.24, 2.45) is 0 Å². The maximum Gasteiger partial charge on any atom is 0.338 e. The van der Waals surface area contributed by atoms with Gasteiger partial charge in [0.05, 0.1) is 34.9 Å². The van der Waals surface area contributed by atoms with Crippen molar-refractivity contribution in [2.45, 2.75) is 18.7 Å². The highest BCUT2D eigenvalue weighted by molar-refractivity contribution is 7.92. The second-order valence-electron chi connectivity index (χ2n) is 5.30. The first-order chi connectivity index (χ1) is 12.8. The van der Waals surface area contributed by atoms with Crippen LogP contribution in [0.3, 0.4) is 0 Å². The van der Waals surface area contributed by atoms with Gasteiger partial charge in [-0.05, 0) is 56.3 Å². The Hall–Kier alpha value is -2.94. The number of halogens is 1. The normalized spacial score (nSPS) is 10.9. The summed E-state index contributed by atoms with van der Waals surface area (Å²) in [5, 5.41) is 0. The summed E-state index contributed by atoms with van der Waals surface area (Å²) < 4.78 is 50.0. The summed E-state index contributed by atoms with van der Waals surface area (Å²) in [4.78, 5) is 23.8. The molecule has 2 rings (SSSR count). The largest absolute Gasteiger partial charge is 0.462 e. The van der Waals surface area contributed by atoms with E-state index in [0.29, 0.717) is 0 Å². The summed E-state index contributed by atoms with van der Waals surface area (Å²) in [5.41, 5.74) is -0.0636. The zero-order valence-electron chi connectivity index (χ0n) is 14.7. The number of rotatable bonds is 7. The molecule has 0 aromatic heterocycles. The van der Waals surface area contributed by atoms with Gasteiger partial charge in [-0.25, -0.2) is 22.4 Å². The first kappa shape index (κ1) is 20.4. The molecular formula is C18H18FNO6S. The van der Waals surface area contributed by atoms with Crippen LogP contribution >= 0.6 is 0 Å². The van der Waals surface area contributed by atoms with Crippen molar-refractivity contribution in [3.8, 4) is 0 Å². The topological polar surface area (TPSA) is 98.8 Å². The maximum absolute atomic E-state index is 13.0. The molecule has 0 aliphatic carbocycles. The fourth-order valence-electron chi connectivity index (χ4n) is 2.18. The molecule has 144 valence electrons. The SMILES string of the molecule is CCOC(=O)c1cc(NS(=O)(=O)c2ccc(F)cc2)cc(C(=O)OCC)c1. The van der Waals surface area contributed by atoms with E-state index in [2.05, 4.69) is 4.72 Å². The highest BCUT2D eigenvalue weighted by Gasteiger charge is 2.19. The highest BCUT2D eigenvalue weighted by atomic mass is 32.2. The van der Waals surface area contributed by atoms with Gasteiger partial charge in [-0.3, -0.25) is 4.72 Å². The lowest BCUT2D eigenvalue weighted by atomic mass is 10.1. The van der Waals surface area contributed by atoms with Crippen LogP contribution in [0, 0.1) is 5.82 Å². The van der Waals surface area contributed by atoms with Crippen molar-refractivity contribution in [1.29, 1.82) is 0 Å². The molecule has 2 aromatic carbocycles. The molecular weight excluding hydrogens is 377 g/mol. The summed E-state index contributed by atoms with van der Waals surface area (Å²) in [6.45, 7) is 3.45. The Morgan fingerprint density at radius 3 is 1.85 bits per heavy atom. The Balaban J connectivity index is 2.43. The molecule has 1 N–H and O–H groups in total. The number of carbonyl (C=O) groups excluding carboxylic acids is 2. The second-order valence-corrected chi connectivity index (χ2v) is 6.98. The first-order valence-electron chi connectivity index (χ1n) is 8.04. The maximum atomic E-state index is 13.0. The van der Waals surface area contributed by atoms with E-state index in [1.54, 1.807) is 13.8 Å². The van der Waals surface area contributed by atoms with E-state index in [9.17, 15) is 22.4 Å². The molecule has 0 spiro atoms. The number of ether oxygens (including phenoxy) is 2. The summed E-state index contributed by atoms with van der Waals surface area (Å²) in [6, 6.07) is 7.94. The van der Waals surface area contributed by atoms with Gasteiger partial charge in [0.25, 0.3) is 10.0 Å². The molecule has 0 saturated heterocycles. The molecule has 27 heavy (non-hydrogen) atoms.